The van der Waals surface area contributed by atoms with Crippen LogP contribution >= 0.6 is 0 Å². The van der Waals surface area contributed by atoms with Crippen LogP contribution in [0.15, 0.2) is 122 Å². The van der Waals surface area contributed by atoms with E-state index in [4.69, 9.17) is 15.0 Å². The van der Waals surface area contributed by atoms with Crippen LogP contribution in [-0.2, 0) is 6.42 Å². The molecule has 8 rings (SSSR count). The SMILES string of the molecule is C1=Cc2ccc(-c3cnc(-c4ccc(-c5ccc(-c6ccc7ccc8cccnc8c7n6)cc5)cc4)cn3)nc2CC1. The minimum absolute atomic E-state index is 0.790. The van der Waals surface area contributed by atoms with Gasteiger partial charge in [0.25, 0.3) is 0 Å². The molecule has 5 heteroatoms. The predicted octanol–water partition coefficient (Wildman–Crippen LogP) is 8.60. The number of hydrogen-bond acceptors (Lipinski definition) is 5. The van der Waals surface area contributed by atoms with Gasteiger partial charge in [0.05, 0.1) is 40.5 Å². The summed E-state index contributed by atoms with van der Waals surface area (Å²) in [4.78, 5) is 23.8. The van der Waals surface area contributed by atoms with Crippen molar-refractivity contribution in [2.75, 3.05) is 0 Å². The summed E-state index contributed by atoms with van der Waals surface area (Å²) >= 11 is 0. The van der Waals surface area contributed by atoms with Crippen LogP contribution < -0.4 is 0 Å². The number of allylic oxidation sites excluding steroid dienone is 1. The molecule has 4 heterocycles. The van der Waals surface area contributed by atoms with E-state index in [0.29, 0.717) is 0 Å². The minimum atomic E-state index is 0.790. The first-order chi connectivity index (χ1) is 20.8. The molecule has 3 aromatic carbocycles. The van der Waals surface area contributed by atoms with Crippen molar-refractivity contribution in [3.63, 3.8) is 0 Å². The highest BCUT2D eigenvalue weighted by molar-refractivity contribution is 6.03. The quantitative estimate of drug-likeness (QED) is 0.210. The highest BCUT2D eigenvalue weighted by atomic mass is 14.8. The standard InChI is InChI=1S/C37H25N5/c1-2-6-31-26(4-1)17-20-33(41-31)35-23-39-34(22-40-35)28-13-9-25(10-14-28)24-7-11-27(12-8-24)32-19-18-30-16-15-29-5-3-21-38-36(29)37(30)42-32/h1,3-5,7-23H,2,6H2. The van der Waals surface area contributed by atoms with E-state index in [1.165, 1.54) is 5.56 Å². The summed E-state index contributed by atoms with van der Waals surface area (Å²) in [6.45, 7) is 0. The molecule has 0 unspecified atom stereocenters. The van der Waals surface area contributed by atoms with Crippen LogP contribution in [0.1, 0.15) is 17.7 Å². The number of aromatic nitrogens is 5. The molecule has 42 heavy (non-hydrogen) atoms. The second-order valence-electron chi connectivity index (χ2n) is 10.5. The molecule has 0 spiro atoms. The number of pyridine rings is 3. The molecule has 4 aromatic heterocycles. The molecule has 1 aliphatic rings. The van der Waals surface area contributed by atoms with Gasteiger partial charge >= 0.3 is 0 Å². The largest absolute Gasteiger partial charge is 0.254 e. The molecule has 0 aliphatic heterocycles. The summed E-state index contributed by atoms with van der Waals surface area (Å²) in [7, 11) is 0. The second kappa shape index (κ2) is 10.1. The Labute approximate surface area is 243 Å². The van der Waals surface area contributed by atoms with E-state index in [9.17, 15) is 0 Å². The van der Waals surface area contributed by atoms with Gasteiger partial charge in [-0.2, -0.15) is 0 Å². The number of aryl methyl sites for hydroxylation is 1. The third kappa shape index (κ3) is 4.41. The zero-order valence-electron chi connectivity index (χ0n) is 22.8. The zero-order chi connectivity index (χ0) is 27.9. The third-order valence-corrected chi connectivity index (χ3v) is 7.90. The molecule has 0 fully saturated rings. The molecule has 198 valence electrons. The molecule has 0 saturated heterocycles. The minimum Gasteiger partial charge on any atom is -0.254 e. The zero-order valence-corrected chi connectivity index (χ0v) is 22.8. The van der Waals surface area contributed by atoms with Gasteiger partial charge in [-0.15, -0.1) is 0 Å². The van der Waals surface area contributed by atoms with E-state index in [0.717, 1.165) is 85.4 Å². The van der Waals surface area contributed by atoms with Crippen molar-refractivity contribution in [1.82, 2.24) is 24.9 Å². The highest BCUT2D eigenvalue weighted by Gasteiger charge is 2.11. The van der Waals surface area contributed by atoms with Crippen LogP contribution in [0.3, 0.4) is 0 Å². The Morgan fingerprint density at radius 3 is 1.88 bits per heavy atom. The fourth-order valence-electron chi connectivity index (χ4n) is 5.60. The average molecular weight is 540 g/mol. The maximum absolute atomic E-state index is 4.98. The van der Waals surface area contributed by atoms with Crippen LogP contribution in [0.4, 0.5) is 0 Å². The van der Waals surface area contributed by atoms with E-state index >= 15 is 0 Å². The van der Waals surface area contributed by atoms with Crippen molar-refractivity contribution < 1.29 is 0 Å². The van der Waals surface area contributed by atoms with E-state index in [1.807, 2.05) is 30.7 Å². The molecule has 0 bridgehead atoms. The Bertz CT molecular complexity index is 2110. The first-order valence-electron chi connectivity index (χ1n) is 14.1. The molecule has 7 aromatic rings. The van der Waals surface area contributed by atoms with E-state index in [-0.39, 0.29) is 0 Å². The lowest BCUT2D eigenvalue weighted by Crippen LogP contribution is -2.00. The highest BCUT2D eigenvalue weighted by Crippen LogP contribution is 2.29. The fraction of sp³-hybridized carbons (Fsp3) is 0.0541. The number of hydrogen-bond donors (Lipinski definition) is 0. The molecular weight excluding hydrogens is 514 g/mol. The molecule has 0 saturated carbocycles. The van der Waals surface area contributed by atoms with Gasteiger partial charge in [0.2, 0.25) is 0 Å². The van der Waals surface area contributed by atoms with Crippen molar-refractivity contribution in [3.05, 3.63) is 133 Å². The molecule has 0 N–H and O–H groups in total. The van der Waals surface area contributed by atoms with Crippen LogP contribution in [-0.4, -0.2) is 24.9 Å². The molecule has 0 amide bonds. The van der Waals surface area contributed by atoms with Crippen molar-refractivity contribution in [2.45, 2.75) is 12.8 Å². The summed E-state index contributed by atoms with van der Waals surface area (Å²) in [5.41, 5.74) is 12.0. The van der Waals surface area contributed by atoms with E-state index < -0.39 is 0 Å². The monoisotopic (exact) mass is 539 g/mol. The van der Waals surface area contributed by atoms with Gasteiger partial charge in [0, 0.05) is 33.8 Å². The number of nitrogens with zero attached hydrogens (tertiary/aromatic N) is 5. The molecule has 5 nitrogen and oxygen atoms in total. The topological polar surface area (TPSA) is 64.5 Å². The Balaban J connectivity index is 1.02. The van der Waals surface area contributed by atoms with E-state index in [1.54, 1.807) is 0 Å². The van der Waals surface area contributed by atoms with Crippen LogP contribution in [0.2, 0.25) is 0 Å². The Morgan fingerprint density at radius 2 is 1.12 bits per heavy atom. The van der Waals surface area contributed by atoms with Gasteiger partial charge in [0.1, 0.15) is 5.69 Å². The second-order valence-corrected chi connectivity index (χ2v) is 10.5. The normalized spacial score (nSPS) is 12.5. The summed E-state index contributed by atoms with van der Waals surface area (Å²) in [5.74, 6) is 0. The average Bonchev–Trinajstić information content (AvgIpc) is 3.08. The van der Waals surface area contributed by atoms with Crippen LogP contribution in [0.5, 0.6) is 0 Å². The number of fused-ring (bicyclic) bond motifs is 4. The number of benzene rings is 3. The van der Waals surface area contributed by atoms with Gasteiger partial charge in [-0.25, -0.2) is 4.98 Å². The lowest BCUT2D eigenvalue weighted by atomic mass is 10.0. The Hall–Kier alpha value is -5.55. The van der Waals surface area contributed by atoms with Crippen LogP contribution in [0.25, 0.3) is 72.9 Å². The van der Waals surface area contributed by atoms with E-state index in [2.05, 4.69) is 107 Å². The molecule has 1 aliphatic carbocycles. The van der Waals surface area contributed by atoms with Crippen molar-refractivity contribution in [2.24, 2.45) is 0 Å². The summed E-state index contributed by atoms with van der Waals surface area (Å²) < 4.78 is 0. The van der Waals surface area contributed by atoms with Gasteiger partial charge in [-0.3, -0.25) is 19.9 Å². The van der Waals surface area contributed by atoms with Crippen molar-refractivity contribution >= 4 is 27.9 Å². The maximum atomic E-state index is 4.98. The summed E-state index contributed by atoms with van der Waals surface area (Å²) in [5, 5.41) is 2.19. The van der Waals surface area contributed by atoms with Gasteiger partial charge in [-0.05, 0) is 47.7 Å². The predicted molar refractivity (Wildman–Crippen MR) is 170 cm³/mol. The Kier molecular flexibility index (Phi) is 5.85. The van der Waals surface area contributed by atoms with Crippen LogP contribution in [0, 0.1) is 0 Å². The first kappa shape index (κ1) is 24.3. The van der Waals surface area contributed by atoms with Gasteiger partial charge < -0.3 is 0 Å². The molecule has 0 radical (unpaired) electrons. The molecule has 0 atom stereocenters. The van der Waals surface area contributed by atoms with Gasteiger partial charge in [-0.1, -0.05) is 91.0 Å². The van der Waals surface area contributed by atoms with Gasteiger partial charge in [0.15, 0.2) is 0 Å². The maximum Gasteiger partial charge on any atom is 0.107 e. The summed E-state index contributed by atoms with van der Waals surface area (Å²) in [6.07, 6.45) is 11.8. The lowest BCUT2D eigenvalue weighted by Gasteiger charge is -2.11. The summed E-state index contributed by atoms with van der Waals surface area (Å²) in [6, 6.07) is 33.6. The smallest absolute Gasteiger partial charge is 0.107 e. The fourth-order valence-corrected chi connectivity index (χ4v) is 5.60. The van der Waals surface area contributed by atoms with Crippen molar-refractivity contribution in [1.29, 1.82) is 0 Å². The number of rotatable bonds is 4. The Morgan fingerprint density at radius 1 is 0.476 bits per heavy atom. The van der Waals surface area contributed by atoms with Crippen molar-refractivity contribution in [3.8, 4) is 45.0 Å². The lowest BCUT2D eigenvalue weighted by molar-refractivity contribution is 0.927. The first-order valence-corrected chi connectivity index (χ1v) is 14.1. The third-order valence-electron chi connectivity index (χ3n) is 7.90. The molecular formula is C37H25N5.